The van der Waals surface area contributed by atoms with E-state index in [-0.39, 0.29) is 5.60 Å². The highest BCUT2D eigenvalue weighted by atomic mass is 32.2. The molecule has 0 saturated carbocycles. The minimum Gasteiger partial charge on any atom is -0.368 e. The molecule has 2 saturated heterocycles. The lowest BCUT2D eigenvalue weighted by atomic mass is 9.83. The Labute approximate surface area is 143 Å². The maximum absolute atomic E-state index is 11.6. The van der Waals surface area contributed by atoms with Crippen molar-refractivity contribution in [2.24, 2.45) is 5.92 Å². The standard InChI is InChI=1S/C17H25N3O3S/c1-13-18-10-15-2-8-23-17(16(15)19-13)4-6-20(7-5-17)11-14-3-9-24(21,22)12-14/h10,14H,2-9,11-12H2,1H3. The molecule has 24 heavy (non-hydrogen) atoms. The second-order valence-electron chi connectivity index (χ2n) is 7.45. The van der Waals surface area contributed by atoms with E-state index in [1.807, 2.05) is 13.1 Å². The average Bonchev–Trinajstić information content (AvgIpc) is 2.89. The Hall–Kier alpha value is -1.05. The molecule has 0 aromatic carbocycles. The third kappa shape index (κ3) is 3.09. The predicted octanol–water partition coefficient (Wildman–Crippen LogP) is 1.08. The largest absolute Gasteiger partial charge is 0.368 e. The first-order valence-corrected chi connectivity index (χ1v) is 10.7. The summed E-state index contributed by atoms with van der Waals surface area (Å²) >= 11 is 0. The smallest absolute Gasteiger partial charge is 0.150 e. The van der Waals surface area contributed by atoms with Crippen molar-refractivity contribution in [3.05, 3.63) is 23.3 Å². The maximum Gasteiger partial charge on any atom is 0.150 e. The lowest BCUT2D eigenvalue weighted by Crippen LogP contribution is -2.48. The number of ether oxygens (including phenoxy) is 1. The molecule has 1 unspecified atom stereocenters. The first-order chi connectivity index (χ1) is 11.5. The minimum absolute atomic E-state index is 0.264. The molecule has 2 fully saturated rings. The van der Waals surface area contributed by atoms with Crippen LogP contribution in [0.3, 0.4) is 0 Å². The van der Waals surface area contributed by atoms with Crippen LogP contribution in [-0.4, -0.2) is 61.0 Å². The zero-order valence-corrected chi connectivity index (χ0v) is 15.0. The minimum atomic E-state index is -2.79. The van der Waals surface area contributed by atoms with Gasteiger partial charge in [-0.05, 0) is 44.1 Å². The van der Waals surface area contributed by atoms with Gasteiger partial charge in [0.25, 0.3) is 0 Å². The molecule has 1 spiro atoms. The first kappa shape index (κ1) is 16.4. The summed E-state index contributed by atoms with van der Waals surface area (Å²) in [5.41, 5.74) is 2.05. The van der Waals surface area contributed by atoms with E-state index in [9.17, 15) is 8.42 Å². The number of rotatable bonds is 2. The normalized spacial score (nSPS) is 28.8. The van der Waals surface area contributed by atoms with Gasteiger partial charge in [-0.1, -0.05) is 0 Å². The SMILES string of the molecule is Cc1ncc2c(n1)C1(CCN(CC3CCS(=O)(=O)C3)CC1)OCC2. The van der Waals surface area contributed by atoms with E-state index in [0.717, 1.165) is 63.4 Å². The van der Waals surface area contributed by atoms with Crippen LogP contribution in [-0.2, 0) is 26.6 Å². The van der Waals surface area contributed by atoms with E-state index < -0.39 is 9.84 Å². The Bertz CT molecular complexity index is 727. The lowest BCUT2D eigenvalue weighted by molar-refractivity contribution is -0.102. The van der Waals surface area contributed by atoms with Crippen LogP contribution in [0.15, 0.2) is 6.20 Å². The van der Waals surface area contributed by atoms with Crippen molar-refractivity contribution in [2.75, 3.05) is 37.7 Å². The van der Waals surface area contributed by atoms with Crippen molar-refractivity contribution in [2.45, 2.75) is 38.2 Å². The molecule has 4 heterocycles. The van der Waals surface area contributed by atoms with Gasteiger partial charge in [0.1, 0.15) is 11.4 Å². The van der Waals surface area contributed by atoms with Crippen LogP contribution in [0.25, 0.3) is 0 Å². The third-order valence-corrected chi connectivity index (χ3v) is 7.51. The molecule has 1 atom stereocenters. The number of fused-ring (bicyclic) bond motifs is 2. The lowest BCUT2D eigenvalue weighted by Gasteiger charge is -2.44. The Morgan fingerprint density at radius 2 is 2.17 bits per heavy atom. The molecule has 0 bridgehead atoms. The molecular weight excluding hydrogens is 326 g/mol. The quantitative estimate of drug-likeness (QED) is 0.794. The summed E-state index contributed by atoms with van der Waals surface area (Å²) in [7, 11) is -2.79. The monoisotopic (exact) mass is 351 g/mol. The van der Waals surface area contributed by atoms with Crippen LogP contribution in [0.2, 0.25) is 0 Å². The molecule has 0 aliphatic carbocycles. The molecule has 3 aliphatic heterocycles. The van der Waals surface area contributed by atoms with Gasteiger partial charge in [-0.2, -0.15) is 0 Å². The number of likely N-dealkylation sites (tertiary alicyclic amines) is 1. The van der Waals surface area contributed by atoms with Crippen molar-refractivity contribution in [3.8, 4) is 0 Å². The summed E-state index contributed by atoms with van der Waals surface area (Å²) < 4.78 is 29.5. The van der Waals surface area contributed by atoms with E-state index in [0.29, 0.717) is 17.4 Å². The molecule has 1 aromatic heterocycles. The average molecular weight is 351 g/mol. The highest BCUT2D eigenvalue weighted by molar-refractivity contribution is 7.91. The Morgan fingerprint density at radius 3 is 2.88 bits per heavy atom. The molecule has 0 radical (unpaired) electrons. The van der Waals surface area contributed by atoms with Crippen LogP contribution in [0.1, 0.15) is 36.3 Å². The van der Waals surface area contributed by atoms with Gasteiger partial charge in [0.2, 0.25) is 0 Å². The number of piperidine rings is 1. The van der Waals surface area contributed by atoms with Gasteiger partial charge in [-0.25, -0.2) is 18.4 Å². The van der Waals surface area contributed by atoms with Gasteiger partial charge < -0.3 is 9.64 Å². The number of sulfone groups is 1. The van der Waals surface area contributed by atoms with E-state index in [4.69, 9.17) is 9.72 Å². The third-order valence-electron chi connectivity index (χ3n) is 5.67. The summed E-state index contributed by atoms with van der Waals surface area (Å²) in [6.45, 7) is 5.45. The van der Waals surface area contributed by atoms with Crippen molar-refractivity contribution in [3.63, 3.8) is 0 Å². The first-order valence-electron chi connectivity index (χ1n) is 8.86. The van der Waals surface area contributed by atoms with Gasteiger partial charge in [-0.3, -0.25) is 0 Å². The highest BCUT2D eigenvalue weighted by Crippen LogP contribution is 2.40. The molecule has 7 heteroatoms. The Morgan fingerprint density at radius 1 is 1.38 bits per heavy atom. The number of aryl methyl sites for hydroxylation is 1. The molecule has 1 aromatic rings. The zero-order valence-electron chi connectivity index (χ0n) is 14.2. The van der Waals surface area contributed by atoms with Gasteiger partial charge in [-0.15, -0.1) is 0 Å². The highest BCUT2D eigenvalue weighted by Gasteiger charge is 2.43. The fourth-order valence-electron chi connectivity index (χ4n) is 4.36. The summed E-state index contributed by atoms with van der Waals surface area (Å²) in [6.07, 6.45) is 5.51. The number of hydrogen-bond donors (Lipinski definition) is 0. The van der Waals surface area contributed by atoms with Gasteiger partial charge in [0, 0.05) is 25.8 Å². The fraction of sp³-hybridized carbons (Fsp3) is 0.765. The van der Waals surface area contributed by atoms with Crippen LogP contribution in [0.5, 0.6) is 0 Å². The summed E-state index contributed by atoms with van der Waals surface area (Å²) in [6, 6.07) is 0. The summed E-state index contributed by atoms with van der Waals surface area (Å²) in [5, 5.41) is 0. The van der Waals surface area contributed by atoms with E-state index >= 15 is 0 Å². The number of aromatic nitrogens is 2. The molecule has 6 nitrogen and oxygen atoms in total. The van der Waals surface area contributed by atoms with E-state index in [2.05, 4.69) is 9.88 Å². The van der Waals surface area contributed by atoms with Crippen molar-refractivity contribution in [1.29, 1.82) is 0 Å². The summed E-state index contributed by atoms with van der Waals surface area (Å²) in [5.74, 6) is 1.83. The van der Waals surface area contributed by atoms with Gasteiger partial charge in [0.15, 0.2) is 9.84 Å². The van der Waals surface area contributed by atoms with E-state index in [1.165, 1.54) is 5.56 Å². The van der Waals surface area contributed by atoms with Crippen LogP contribution < -0.4 is 0 Å². The molecule has 0 N–H and O–H groups in total. The van der Waals surface area contributed by atoms with E-state index in [1.54, 1.807) is 0 Å². The molecule has 0 amide bonds. The molecule has 4 rings (SSSR count). The topological polar surface area (TPSA) is 72.4 Å². The van der Waals surface area contributed by atoms with Gasteiger partial charge in [0.05, 0.1) is 23.8 Å². The van der Waals surface area contributed by atoms with Crippen molar-refractivity contribution in [1.82, 2.24) is 14.9 Å². The maximum atomic E-state index is 11.6. The van der Waals surface area contributed by atoms with Crippen LogP contribution >= 0.6 is 0 Å². The summed E-state index contributed by atoms with van der Waals surface area (Å²) in [4.78, 5) is 11.4. The van der Waals surface area contributed by atoms with Crippen LogP contribution in [0.4, 0.5) is 0 Å². The second-order valence-corrected chi connectivity index (χ2v) is 9.68. The number of hydrogen-bond acceptors (Lipinski definition) is 6. The molecular formula is C17H25N3O3S. The zero-order chi connectivity index (χ0) is 16.8. The van der Waals surface area contributed by atoms with Crippen molar-refractivity contribution < 1.29 is 13.2 Å². The van der Waals surface area contributed by atoms with Gasteiger partial charge >= 0.3 is 0 Å². The molecule has 3 aliphatic rings. The fourth-order valence-corrected chi connectivity index (χ4v) is 6.21. The molecule has 132 valence electrons. The second kappa shape index (κ2) is 6.04. The van der Waals surface area contributed by atoms with Crippen LogP contribution in [0, 0.1) is 12.8 Å². The number of nitrogens with zero attached hydrogens (tertiary/aromatic N) is 3. The van der Waals surface area contributed by atoms with Crippen molar-refractivity contribution >= 4 is 9.84 Å². The Kier molecular flexibility index (Phi) is 4.13. The Balaban J connectivity index is 1.44. The predicted molar refractivity (Wildman–Crippen MR) is 90.5 cm³/mol.